The van der Waals surface area contributed by atoms with E-state index in [1.54, 1.807) is 23.9 Å². The highest BCUT2D eigenvalue weighted by Gasteiger charge is 2.75. The number of Topliss-reactive ketones (excluding diaryl/α,β-unsaturated/α-hetero) is 1. The topological polar surface area (TPSA) is 105 Å². The molecule has 1 unspecified atom stereocenters. The zero-order chi connectivity index (χ0) is 30.1. The van der Waals surface area contributed by atoms with Crippen molar-refractivity contribution in [3.05, 3.63) is 77.9 Å². The van der Waals surface area contributed by atoms with Crippen LogP contribution in [0.2, 0.25) is 0 Å². The highest BCUT2D eigenvalue weighted by atomic mass is 32.2. The molecule has 8 heteroatoms. The minimum Gasteiger partial charge on any atom is -0.393 e. The number of nitrogens with one attached hydrogen (secondary N) is 1. The van der Waals surface area contributed by atoms with E-state index in [0.29, 0.717) is 12.8 Å². The number of allylic oxidation sites excluding steroid dienone is 4. The van der Waals surface area contributed by atoms with Gasteiger partial charge in [-0.15, -0.1) is 0 Å². The van der Waals surface area contributed by atoms with Gasteiger partial charge in [0.1, 0.15) is 6.61 Å². The molecule has 3 N–H and O–H groups in total. The molecule has 1 heterocycles. The first kappa shape index (κ1) is 29.0. The van der Waals surface area contributed by atoms with Gasteiger partial charge in [0, 0.05) is 44.8 Å². The van der Waals surface area contributed by atoms with Gasteiger partial charge in [-0.2, -0.15) is 0 Å². The largest absolute Gasteiger partial charge is 0.393 e. The van der Waals surface area contributed by atoms with Crippen molar-refractivity contribution in [2.24, 2.45) is 28.6 Å². The second kappa shape index (κ2) is 10.4. The lowest BCUT2D eigenvalue weighted by Crippen LogP contribution is -2.63. The van der Waals surface area contributed by atoms with Crippen LogP contribution in [0.3, 0.4) is 0 Å². The Balaban J connectivity index is 1.16. The zero-order valence-electron chi connectivity index (χ0n) is 24.8. The van der Waals surface area contributed by atoms with Crippen LogP contribution in [-0.2, 0) is 19.1 Å². The smallest absolute Gasteiger partial charge is 0.193 e. The number of anilines is 1. The van der Waals surface area contributed by atoms with Gasteiger partial charge in [0.05, 0.1) is 12.2 Å². The first-order valence-electron chi connectivity index (χ1n) is 15.3. The van der Waals surface area contributed by atoms with Crippen LogP contribution < -0.4 is 5.32 Å². The van der Waals surface area contributed by atoms with Gasteiger partial charge in [-0.3, -0.25) is 9.59 Å². The number of rotatable bonds is 6. The lowest BCUT2D eigenvalue weighted by atomic mass is 9.46. The Morgan fingerprint density at radius 1 is 1.14 bits per heavy atom. The molecule has 0 spiro atoms. The maximum atomic E-state index is 13.8. The number of benzene rings is 2. The van der Waals surface area contributed by atoms with Crippen molar-refractivity contribution in [2.45, 2.75) is 73.4 Å². The Kier molecular flexibility index (Phi) is 7.02. The van der Waals surface area contributed by atoms with Crippen LogP contribution in [0.4, 0.5) is 5.69 Å². The molecule has 4 aliphatic carbocycles. The van der Waals surface area contributed by atoms with Crippen LogP contribution in [0.1, 0.15) is 51.4 Å². The highest BCUT2D eigenvalue weighted by molar-refractivity contribution is 7.99. The van der Waals surface area contributed by atoms with Crippen molar-refractivity contribution in [1.82, 2.24) is 0 Å². The van der Waals surface area contributed by atoms with Crippen LogP contribution in [0.15, 0.2) is 82.1 Å². The fourth-order valence-electron chi connectivity index (χ4n) is 9.38. The van der Waals surface area contributed by atoms with E-state index in [1.165, 1.54) is 0 Å². The van der Waals surface area contributed by atoms with Crippen molar-refractivity contribution >= 4 is 29.0 Å². The summed E-state index contributed by atoms with van der Waals surface area (Å²) >= 11 is 1.66. The minimum absolute atomic E-state index is 0.00595. The molecule has 0 radical (unpaired) electrons. The van der Waals surface area contributed by atoms with E-state index >= 15 is 0 Å². The molecule has 9 atom stereocenters. The maximum Gasteiger partial charge on any atom is 0.193 e. The Hall–Kier alpha value is -2.75. The molecule has 2 aromatic carbocycles. The molecule has 0 amide bonds. The molecule has 7 nitrogen and oxygen atoms in total. The molecule has 2 aromatic rings. The molecule has 0 aromatic heterocycles. The van der Waals surface area contributed by atoms with Gasteiger partial charge in [0.15, 0.2) is 23.5 Å². The molecular weight excluding hydrogens is 562 g/mol. The summed E-state index contributed by atoms with van der Waals surface area (Å²) in [5, 5.41) is 25.2. The Morgan fingerprint density at radius 2 is 1.93 bits per heavy atom. The fourth-order valence-corrected chi connectivity index (χ4v) is 10.3. The molecular formula is C35H39NO6S. The summed E-state index contributed by atoms with van der Waals surface area (Å²) in [6, 6.07) is 16.2. The van der Waals surface area contributed by atoms with Crippen LogP contribution in [0.5, 0.6) is 0 Å². The quantitative estimate of drug-likeness (QED) is 0.400. The van der Waals surface area contributed by atoms with Crippen molar-refractivity contribution in [1.29, 1.82) is 0 Å². The molecule has 0 bridgehead atoms. The maximum absolute atomic E-state index is 13.8. The second-order valence-corrected chi connectivity index (χ2v) is 14.4. The number of fused-ring (bicyclic) bond motifs is 7. The van der Waals surface area contributed by atoms with E-state index in [1.807, 2.05) is 49.5 Å². The third-order valence-electron chi connectivity index (χ3n) is 11.3. The van der Waals surface area contributed by atoms with Gasteiger partial charge < -0.3 is 25.0 Å². The van der Waals surface area contributed by atoms with Gasteiger partial charge >= 0.3 is 0 Å². The molecule has 3 saturated carbocycles. The fraction of sp³-hybridized carbons (Fsp3) is 0.486. The van der Waals surface area contributed by atoms with Crippen molar-refractivity contribution < 1.29 is 29.3 Å². The molecule has 7 rings (SSSR count). The van der Waals surface area contributed by atoms with Crippen LogP contribution >= 0.6 is 11.8 Å². The lowest BCUT2D eigenvalue weighted by Gasteiger charge is -2.59. The normalized spacial score (nSPS) is 39.4. The van der Waals surface area contributed by atoms with Crippen LogP contribution in [-0.4, -0.2) is 53.2 Å². The van der Waals surface area contributed by atoms with Crippen molar-refractivity contribution in [3.63, 3.8) is 0 Å². The summed E-state index contributed by atoms with van der Waals surface area (Å²) in [7, 11) is 1.90. The number of carbonyl (C=O) groups is 2. The summed E-state index contributed by atoms with van der Waals surface area (Å²) in [6.45, 7) is 3.55. The van der Waals surface area contributed by atoms with Gasteiger partial charge in [0.2, 0.25) is 0 Å². The van der Waals surface area contributed by atoms with E-state index in [0.717, 1.165) is 39.5 Å². The van der Waals surface area contributed by atoms with Gasteiger partial charge in [-0.05, 0) is 80.0 Å². The number of aliphatic hydroxyl groups excluding tert-OH is 2. The monoisotopic (exact) mass is 601 g/mol. The molecule has 226 valence electrons. The summed E-state index contributed by atoms with van der Waals surface area (Å²) in [5.74, 6) is -0.237. The SMILES string of the molecule is CNc1cccc(Sc2ccc([C@@H]3O[C@@H]4CC5[C@@H]6CCC7=CC(=O)C=C[C@]7(C)[C@H]6[C@@H](O)C[C@]5(C)[C@]4(C(=O)CO)O3)cc2)c1. The number of aliphatic hydroxyl groups is 2. The average Bonchev–Trinajstić information content (AvgIpc) is 3.50. The zero-order valence-corrected chi connectivity index (χ0v) is 25.6. The Labute approximate surface area is 256 Å². The summed E-state index contributed by atoms with van der Waals surface area (Å²) in [5.41, 5.74) is 0.495. The predicted octanol–water partition coefficient (Wildman–Crippen LogP) is 5.48. The van der Waals surface area contributed by atoms with E-state index in [-0.39, 0.29) is 29.3 Å². The van der Waals surface area contributed by atoms with Crippen LogP contribution in [0.25, 0.3) is 0 Å². The summed E-state index contributed by atoms with van der Waals surface area (Å²) in [4.78, 5) is 28.1. The second-order valence-electron chi connectivity index (χ2n) is 13.3. The lowest BCUT2D eigenvalue weighted by molar-refractivity contribution is -0.201. The molecule has 1 saturated heterocycles. The number of carbonyl (C=O) groups excluding carboxylic acids is 2. The summed E-state index contributed by atoms with van der Waals surface area (Å²) < 4.78 is 13.3. The Morgan fingerprint density at radius 3 is 2.67 bits per heavy atom. The Bertz CT molecular complexity index is 1520. The number of ether oxygens (including phenoxy) is 2. The average molecular weight is 602 g/mol. The van der Waals surface area contributed by atoms with E-state index in [9.17, 15) is 19.8 Å². The third kappa shape index (κ3) is 4.25. The first-order chi connectivity index (χ1) is 20.6. The number of ketones is 2. The van der Waals surface area contributed by atoms with Gasteiger partial charge in [0.25, 0.3) is 0 Å². The number of hydrogen-bond donors (Lipinski definition) is 3. The van der Waals surface area contributed by atoms with Crippen molar-refractivity contribution in [2.75, 3.05) is 19.0 Å². The van der Waals surface area contributed by atoms with E-state index in [2.05, 4.69) is 31.3 Å². The highest BCUT2D eigenvalue weighted by Crippen LogP contribution is 2.70. The standard InChI is InChI=1S/C35H39NO6S/c1-33-14-13-23(38)15-21(33)9-12-26-27-17-30-35(29(40)19-37,34(27,2)18-28(39)31(26)33)42-32(41-30)20-7-10-24(11-8-20)43-25-6-4-5-22(16-25)36-3/h4-8,10-11,13-16,26-28,30-32,36-37,39H,9,12,17-19H2,1-3H3/t26-,27?,28-,30+,31+,32+,33-,34-,35+/m0/s1. The molecule has 5 aliphatic rings. The molecule has 1 aliphatic heterocycles. The molecule has 4 fully saturated rings. The van der Waals surface area contributed by atoms with Gasteiger partial charge in [-0.1, -0.05) is 55.5 Å². The summed E-state index contributed by atoms with van der Waals surface area (Å²) in [6.07, 6.45) is 6.01. The van der Waals surface area contributed by atoms with Gasteiger partial charge in [-0.25, -0.2) is 0 Å². The predicted molar refractivity (Wildman–Crippen MR) is 163 cm³/mol. The van der Waals surface area contributed by atoms with Crippen LogP contribution in [0, 0.1) is 28.6 Å². The minimum atomic E-state index is -1.35. The van der Waals surface area contributed by atoms with Crippen molar-refractivity contribution in [3.8, 4) is 0 Å². The number of hydrogen-bond acceptors (Lipinski definition) is 8. The molecule has 43 heavy (non-hydrogen) atoms. The first-order valence-corrected chi connectivity index (χ1v) is 16.1. The van der Waals surface area contributed by atoms with E-state index in [4.69, 9.17) is 9.47 Å². The van der Waals surface area contributed by atoms with E-state index < -0.39 is 41.5 Å². The third-order valence-corrected chi connectivity index (χ3v) is 12.3.